The Labute approximate surface area is 113 Å². The summed E-state index contributed by atoms with van der Waals surface area (Å²) in [4.78, 5) is 13.5. The van der Waals surface area contributed by atoms with Gasteiger partial charge in [-0.3, -0.25) is 4.90 Å². The van der Waals surface area contributed by atoms with Crippen LogP contribution in [0, 0.1) is 0 Å². The zero-order chi connectivity index (χ0) is 14.0. The normalized spacial score (nSPS) is 18.9. The van der Waals surface area contributed by atoms with Crippen LogP contribution in [0.25, 0.3) is 0 Å². The maximum absolute atomic E-state index is 11.9. The van der Waals surface area contributed by atoms with Gasteiger partial charge in [-0.05, 0) is 23.6 Å². The molecule has 5 nitrogen and oxygen atoms in total. The molecule has 0 saturated carbocycles. The molecule has 1 saturated heterocycles. The van der Waals surface area contributed by atoms with Crippen molar-refractivity contribution in [3.05, 3.63) is 23.8 Å². The summed E-state index contributed by atoms with van der Waals surface area (Å²) in [6.45, 7) is 5.01. The summed E-state index contributed by atoms with van der Waals surface area (Å²) in [5.74, 6) is 1.05. The van der Waals surface area contributed by atoms with E-state index in [4.69, 9.17) is 15.2 Å². The van der Waals surface area contributed by atoms with Crippen molar-refractivity contribution >= 4 is 11.8 Å². The minimum absolute atomic E-state index is 0.250. The van der Waals surface area contributed by atoms with Gasteiger partial charge in [0.25, 0.3) is 0 Å². The number of hydrogen-bond donors (Lipinski definition) is 1. The van der Waals surface area contributed by atoms with Crippen LogP contribution in [-0.2, 0) is 4.74 Å². The average Bonchev–Trinajstić information content (AvgIpc) is 2.79. The van der Waals surface area contributed by atoms with Crippen molar-refractivity contribution < 1.29 is 14.3 Å². The molecule has 1 aliphatic heterocycles. The first kappa shape index (κ1) is 13.7. The van der Waals surface area contributed by atoms with Crippen molar-refractivity contribution in [2.75, 3.05) is 25.1 Å². The molecular weight excluding hydrogens is 244 g/mol. The van der Waals surface area contributed by atoms with E-state index in [0.717, 1.165) is 11.3 Å². The SMILES string of the molecule is COc1ccc(C(C)C)cc1N1CC(CN)OC1=O. The van der Waals surface area contributed by atoms with Crippen LogP contribution >= 0.6 is 0 Å². The maximum atomic E-state index is 11.9. The molecule has 5 heteroatoms. The Hall–Kier alpha value is -1.75. The van der Waals surface area contributed by atoms with Gasteiger partial charge in [0.05, 0.1) is 19.3 Å². The fourth-order valence-corrected chi connectivity index (χ4v) is 2.12. The third-order valence-corrected chi connectivity index (χ3v) is 3.30. The lowest BCUT2D eigenvalue weighted by Gasteiger charge is -2.18. The summed E-state index contributed by atoms with van der Waals surface area (Å²) in [5, 5.41) is 0. The fraction of sp³-hybridized carbons (Fsp3) is 0.500. The third kappa shape index (κ3) is 2.66. The molecule has 0 aliphatic carbocycles. The van der Waals surface area contributed by atoms with Gasteiger partial charge < -0.3 is 15.2 Å². The number of cyclic esters (lactones) is 1. The molecule has 1 atom stereocenters. The van der Waals surface area contributed by atoms with E-state index in [2.05, 4.69) is 13.8 Å². The molecule has 0 radical (unpaired) electrons. The van der Waals surface area contributed by atoms with E-state index >= 15 is 0 Å². The fourth-order valence-electron chi connectivity index (χ4n) is 2.12. The summed E-state index contributed by atoms with van der Waals surface area (Å²) >= 11 is 0. The Morgan fingerprint density at radius 3 is 2.79 bits per heavy atom. The highest BCUT2D eigenvalue weighted by Crippen LogP contribution is 2.34. The summed E-state index contributed by atoms with van der Waals surface area (Å²) in [7, 11) is 1.59. The van der Waals surface area contributed by atoms with Crippen LogP contribution < -0.4 is 15.4 Å². The van der Waals surface area contributed by atoms with Crippen LogP contribution in [0.4, 0.5) is 10.5 Å². The summed E-state index contributed by atoms with van der Waals surface area (Å²) in [6, 6.07) is 5.87. The van der Waals surface area contributed by atoms with Crippen LogP contribution in [-0.4, -0.2) is 32.4 Å². The monoisotopic (exact) mass is 264 g/mol. The number of nitrogens with zero attached hydrogens (tertiary/aromatic N) is 1. The highest BCUT2D eigenvalue weighted by Gasteiger charge is 2.33. The lowest BCUT2D eigenvalue weighted by atomic mass is 10.0. The number of nitrogens with two attached hydrogens (primary N) is 1. The molecule has 1 heterocycles. The number of carbonyl (C=O) groups excluding carboxylic acids is 1. The molecule has 0 aromatic heterocycles. The predicted molar refractivity (Wildman–Crippen MR) is 73.8 cm³/mol. The molecule has 2 rings (SSSR count). The van der Waals surface area contributed by atoms with Gasteiger partial charge in [-0.1, -0.05) is 19.9 Å². The number of carbonyl (C=O) groups is 1. The van der Waals surface area contributed by atoms with Gasteiger partial charge in [0.2, 0.25) is 0 Å². The van der Waals surface area contributed by atoms with Crippen molar-refractivity contribution in [1.82, 2.24) is 0 Å². The van der Waals surface area contributed by atoms with E-state index in [1.54, 1.807) is 12.0 Å². The average molecular weight is 264 g/mol. The first-order valence-corrected chi connectivity index (χ1v) is 6.43. The minimum atomic E-state index is -0.366. The van der Waals surface area contributed by atoms with Crippen molar-refractivity contribution in [3.8, 4) is 5.75 Å². The Morgan fingerprint density at radius 1 is 1.53 bits per heavy atom. The molecule has 2 N–H and O–H groups in total. The van der Waals surface area contributed by atoms with E-state index in [-0.39, 0.29) is 12.2 Å². The number of amides is 1. The molecule has 1 amide bonds. The van der Waals surface area contributed by atoms with Crippen LogP contribution in [0.1, 0.15) is 25.3 Å². The first-order chi connectivity index (χ1) is 9.06. The van der Waals surface area contributed by atoms with E-state index in [1.165, 1.54) is 0 Å². The molecule has 19 heavy (non-hydrogen) atoms. The number of anilines is 1. The van der Waals surface area contributed by atoms with Crippen molar-refractivity contribution in [1.29, 1.82) is 0 Å². The molecule has 0 bridgehead atoms. The Kier molecular flexibility index (Phi) is 3.95. The zero-order valence-electron chi connectivity index (χ0n) is 11.6. The number of rotatable bonds is 4. The molecule has 1 aromatic carbocycles. The second kappa shape index (κ2) is 5.48. The van der Waals surface area contributed by atoms with Crippen LogP contribution in [0.15, 0.2) is 18.2 Å². The molecule has 0 spiro atoms. The summed E-state index contributed by atoms with van der Waals surface area (Å²) in [6.07, 6.45) is -0.616. The standard InChI is InChI=1S/C14H20N2O3/c1-9(2)10-4-5-13(18-3)12(6-10)16-8-11(7-15)19-14(16)17/h4-6,9,11H,7-8,15H2,1-3H3. The minimum Gasteiger partial charge on any atom is -0.495 e. The van der Waals surface area contributed by atoms with Crippen LogP contribution in [0.2, 0.25) is 0 Å². The molecule has 104 valence electrons. The smallest absolute Gasteiger partial charge is 0.414 e. The maximum Gasteiger partial charge on any atom is 0.414 e. The highest BCUT2D eigenvalue weighted by atomic mass is 16.6. The first-order valence-electron chi connectivity index (χ1n) is 6.43. The predicted octanol–water partition coefficient (Wildman–Crippen LogP) is 2.10. The number of benzene rings is 1. The number of hydrogen-bond acceptors (Lipinski definition) is 4. The van der Waals surface area contributed by atoms with Gasteiger partial charge in [-0.15, -0.1) is 0 Å². The van der Waals surface area contributed by atoms with E-state index in [9.17, 15) is 4.79 Å². The quantitative estimate of drug-likeness (QED) is 0.904. The topological polar surface area (TPSA) is 64.8 Å². The largest absolute Gasteiger partial charge is 0.495 e. The van der Waals surface area contributed by atoms with Gasteiger partial charge >= 0.3 is 6.09 Å². The molecular formula is C14H20N2O3. The van der Waals surface area contributed by atoms with E-state index in [0.29, 0.717) is 24.8 Å². The lowest BCUT2D eigenvalue weighted by molar-refractivity contribution is 0.145. The Balaban J connectivity index is 2.37. The second-order valence-electron chi connectivity index (χ2n) is 4.94. The zero-order valence-corrected chi connectivity index (χ0v) is 11.6. The van der Waals surface area contributed by atoms with Crippen molar-refractivity contribution in [2.45, 2.75) is 25.9 Å². The van der Waals surface area contributed by atoms with Crippen molar-refractivity contribution in [3.63, 3.8) is 0 Å². The van der Waals surface area contributed by atoms with E-state index < -0.39 is 0 Å². The number of ether oxygens (including phenoxy) is 2. The lowest BCUT2D eigenvalue weighted by Crippen LogP contribution is -2.27. The molecule has 1 aromatic rings. The molecule has 1 unspecified atom stereocenters. The van der Waals surface area contributed by atoms with Gasteiger partial charge in [0, 0.05) is 6.54 Å². The number of methoxy groups -OCH3 is 1. The Morgan fingerprint density at radius 2 is 2.26 bits per heavy atom. The van der Waals surface area contributed by atoms with Gasteiger partial charge in [-0.2, -0.15) is 0 Å². The highest BCUT2D eigenvalue weighted by molar-refractivity contribution is 5.91. The van der Waals surface area contributed by atoms with Crippen LogP contribution in [0.5, 0.6) is 5.75 Å². The van der Waals surface area contributed by atoms with Crippen LogP contribution in [0.3, 0.4) is 0 Å². The second-order valence-corrected chi connectivity index (χ2v) is 4.94. The van der Waals surface area contributed by atoms with E-state index in [1.807, 2.05) is 18.2 Å². The summed E-state index contributed by atoms with van der Waals surface area (Å²) in [5.41, 5.74) is 7.45. The van der Waals surface area contributed by atoms with Gasteiger partial charge in [0.1, 0.15) is 11.9 Å². The van der Waals surface area contributed by atoms with Gasteiger partial charge in [0.15, 0.2) is 0 Å². The molecule has 1 aliphatic rings. The summed E-state index contributed by atoms with van der Waals surface area (Å²) < 4.78 is 10.5. The van der Waals surface area contributed by atoms with Gasteiger partial charge in [-0.25, -0.2) is 4.79 Å². The van der Waals surface area contributed by atoms with Crippen molar-refractivity contribution in [2.24, 2.45) is 5.73 Å². The third-order valence-electron chi connectivity index (χ3n) is 3.30. The molecule has 1 fully saturated rings. The Bertz CT molecular complexity index is 474.